The number of likely N-dealkylation sites (tertiary alicyclic amines) is 1. The van der Waals surface area contributed by atoms with Crippen molar-refractivity contribution in [3.63, 3.8) is 0 Å². The Morgan fingerprint density at radius 2 is 2.06 bits per heavy atom. The largest absolute Gasteiger partial charge is 0.497 e. The van der Waals surface area contributed by atoms with Crippen molar-refractivity contribution in [1.29, 1.82) is 0 Å². The number of benzene rings is 1. The van der Waals surface area contributed by atoms with E-state index in [1.807, 2.05) is 29.8 Å². The maximum absolute atomic E-state index is 13.3. The number of carbonyl (C=O) groups excluding carboxylic acids is 2. The summed E-state index contributed by atoms with van der Waals surface area (Å²) in [4.78, 5) is 30.3. The average Bonchev–Trinajstić information content (AvgIpc) is 3.36. The Morgan fingerprint density at radius 1 is 1.22 bits per heavy atom. The topological polar surface area (TPSA) is 66.8 Å². The summed E-state index contributed by atoms with van der Waals surface area (Å²) in [5.41, 5.74) is 2.18. The van der Waals surface area contributed by atoms with E-state index in [1.165, 1.54) is 32.2 Å². The summed E-state index contributed by atoms with van der Waals surface area (Å²) in [6, 6.07) is 6.45. The molecular weight excluding hydrogens is 404 g/mol. The fourth-order valence-corrected chi connectivity index (χ4v) is 5.33. The normalized spacial score (nSPS) is 19.7. The molecule has 1 aromatic carbocycles. The van der Waals surface area contributed by atoms with E-state index in [4.69, 9.17) is 4.74 Å². The molecule has 1 N–H and O–H groups in total. The molecule has 2 saturated heterocycles. The maximum atomic E-state index is 13.3. The Morgan fingerprint density at radius 3 is 2.78 bits per heavy atom. The Hall–Kier alpha value is -2.54. The molecule has 0 saturated carbocycles. The van der Waals surface area contributed by atoms with Crippen LogP contribution in [0.2, 0.25) is 0 Å². The van der Waals surface area contributed by atoms with Crippen molar-refractivity contribution in [2.45, 2.75) is 57.9 Å². The first-order valence-electron chi connectivity index (χ1n) is 12.0. The van der Waals surface area contributed by atoms with E-state index in [0.717, 1.165) is 36.0 Å². The summed E-state index contributed by atoms with van der Waals surface area (Å²) in [6.45, 7) is 5.72. The third-order valence-electron chi connectivity index (χ3n) is 7.07. The van der Waals surface area contributed by atoms with Gasteiger partial charge in [-0.2, -0.15) is 0 Å². The number of nitrogens with one attached hydrogen (secondary N) is 1. The van der Waals surface area contributed by atoms with Gasteiger partial charge in [-0.05, 0) is 56.8 Å². The van der Waals surface area contributed by atoms with Crippen molar-refractivity contribution < 1.29 is 14.3 Å². The molecule has 0 unspecified atom stereocenters. The van der Waals surface area contributed by atoms with E-state index < -0.39 is 0 Å². The van der Waals surface area contributed by atoms with Gasteiger partial charge < -0.3 is 24.4 Å². The van der Waals surface area contributed by atoms with Crippen LogP contribution in [-0.4, -0.2) is 60.6 Å². The Balaban J connectivity index is 1.53. The van der Waals surface area contributed by atoms with Crippen LogP contribution in [0.15, 0.2) is 18.2 Å². The van der Waals surface area contributed by atoms with Crippen LogP contribution in [0.4, 0.5) is 5.69 Å². The number of hydrogen-bond acceptors (Lipinski definition) is 4. The molecule has 1 aromatic heterocycles. The highest BCUT2D eigenvalue weighted by Gasteiger charge is 2.31. The van der Waals surface area contributed by atoms with Crippen molar-refractivity contribution in [2.75, 3.05) is 38.2 Å². The molecule has 2 fully saturated rings. The minimum atomic E-state index is -0.122. The molecule has 0 bridgehead atoms. The zero-order valence-electron chi connectivity index (χ0n) is 19.7. The van der Waals surface area contributed by atoms with Crippen LogP contribution in [0.25, 0.3) is 10.9 Å². The first-order valence-corrected chi connectivity index (χ1v) is 12.0. The fourth-order valence-electron chi connectivity index (χ4n) is 5.33. The number of hydrogen-bond donors (Lipinski definition) is 1. The average molecular weight is 441 g/mol. The van der Waals surface area contributed by atoms with Gasteiger partial charge >= 0.3 is 0 Å². The number of fused-ring (bicyclic) bond motifs is 1. The summed E-state index contributed by atoms with van der Waals surface area (Å²) in [5.74, 6) is 0.670. The van der Waals surface area contributed by atoms with Crippen LogP contribution in [0.5, 0.6) is 5.75 Å². The van der Waals surface area contributed by atoms with Crippen molar-refractivity contribution in [1.82, 2.24) is 14.8 Å². The molecule has 2 aliphatic heterocycles. The molecule has 7 nitrogen and oxygen atoms in total. The van der Waals surface area contributed by atoms with Gasteiger partial charge in [0.1, 0.15) is 11.4 Å². The summed E-state index contributed by atoms with van der Waals surface area (Å²) in [6.07, 6.45) is 7.35. The number of ether oxygens (including phenoxy) is 1. The lowest BCUT2D eigenvalue weighted by Gasteiger charge is -2.35. The highest BCUT2D eigenvalue weighted by Crippen LogP contribution is 2.37. The Bertz CT molecular complexity index is 983. The van der Waals surface area contributed by atoms with E-state index >= 15 is 0 Å². The van der Waals surface area contributed by atoms with Gasteiger partial charge in [0, 0.05) is 44.5 Å². The van der Waals surface area contributed by atoms with E-state index in [9.17, 15) is 9.59 Å². The molecule has 0 aliphatic carbocycles. The molecule has 0 radical (unpaired) electrons. The van der Waals surface area contributed by atoms with Crippen molar-refractivity contribution in [3.8, 4) is 5.75 Å². The van der Waals surface area contributed by atoms with E-state index in [0.29, 0.717) is 36.9 Å². The molecule has 7 heteroatoms. The molecule has 3 heterocycles. The number of aromatic nitrogens is 1. The van der Waals surface area contributed by atoms with Gasteiger partial charge in [-0.1, -0.05) is 13.3 Å². The molecule has 32 heavy (non-hydrogen) atoms. The maximum Gasteiger partial charge on any atom is 0.270 e. The molecule has 2 amide bonds. The van der Waals surface area contributed by atoms with Crippen LogP contribution in [0.1, 0.15) is 62.4 Å². The summed E-state index contributed by atoms with van der Waals surface area (Å²) in [5, 5.41) is 4.01. The number of amides is 2. The van der Waals surface area contributed by atoms with E-state index in [2.05, 4.69) is 17.1 Å². The monoisotopic (exact) mass is 440 g/mol. The van der Waals surface area contributed by atoms with Gasteiger partial charge in [-0.15, -0.1) is 0 Å². The number of aryl methyl sites for hydroxylation is 1. The summed E-state index contributed by atoms with van der Waals surface area (Å²) >= 11 is 0. The Kier molecular flexibility index (Phi) is 7.04. The van der Waals surface area contributed by atoms with Gasteiger partial charge in [0.2, 0.25) is 5.91 Å². The first kappa shape index (κ1) is 22.6. The van der Waals surface area contributed by atoms with E-state index in [1.54, 1.807) is 12.0 Å². The third-order valence-corrected chi connectivity index (χ3v) is 7.07. The predicted octanol–water partition coefficient (Wildman–Crippen LogP) is 3.70. The molecular formula is C25H36N4O3. The quantitative estimate of drug-likeness (QED) is 0.636. The van der Waals surface area contributed by atoms with Crippen LogP contribution in [-0.2, 0) is 11.8 Å². The smallest absolute Gasteiger partial charge is 0.270 e. The zero-order chi connectivity index (χ0) is 22.7. The fraction of sp³-hybridized carbons (Fsp3) is 0.600. The lowest BCUT2D eigenvalue weighted by atomic mass is 10.00. The molecule has 174 valence electrons. The highest BCUT2D eigenvalue weighted by molar-refractivity contribution is 6.14. The Labute approximate surface area is 190 Å². The number of anilines is 1. The first-order chi connectivity index (χ1) is 15.5. The minimum Gasteiger partial charge on any atom is -0.497 e. The molecule has 0 spiro atoms. The standard InChI is InChI=1S/C25H36N4O3/c1-4-18-9-5-6-14-28(18)15-8-13-26-25(31)24-23(29-16-7-10-22(29)30)20-17-19(32-3)11-12-21(20)27(24)2/h11-12,17-18H,4-10,13-16H2,1-3H3,(H,26,31)/t18-/m0/s1. The lowest BCUT2D eigenvalue weighted by molar-refractivity contribution is -0.117. The number of rotatable bonds is 8. The van der Waals surface area contributed by atoms with E-state index in [-0.39, 0.29) is 11.8 Å². The second kappa shape index (κ2) is 9.94. The molecule has 1 atom stereocenters. The van der Waals surface area contributed by atoms with Gasteiger partial charge in [-0.3, -0.25) is 9.59 Å². The molecule has 4 rings (SSSR count). The summed E-state index contributed by atoms with van der Waals surface area (Å²) in [7, 11) is 3.52. The zero-order valence-corrected chi connectivity index (χ0v) is 19.7. The highest BCUT2D eigenvalue weighted by atomic mass is 16.5. The number of piperidine rings is 1. The van der Waals surface area contributed by atoms with Crippen molar-refractivity contribution >= 4 is 28.4 Å². The third kappa shape index (κ3) is 4.35. The minimum absolute atomic E-state index is 0.0741. The molecule has 2 aliphatic rings. The number of methoxy groups -OCH3 is 1. The van der Waals surface area contributed by atoms with Crippen LogP contribution in [0.3, 0.4) is 0 Å². The summed E-state index contributed by atoms with van der Waals surface area (Å²) < 4.78 is 7.32. The van der Waals surface area contributed by atoms with Crippen molar-refractivity contribution in [2.24, 2.45) is 7.05 Å². The predicted molar refractivity (Wildman–Crippen MR) is 128 cm³/mol. The van der Waals surface area contributed by atoms with Gasteiger partial charge in [-0.25, -0.2) is 0 Å². The SMILES string of the molecule is CC[C@H]1CCCCN1CCCNC(=O)c1c(N2CCCC2=O)c2cc(OC)ccc2n1C. The van der Waals surface area contributed by atoms with Crippen LogP contribution < -0.4 is 15.0 Å². The number of carbonyl (C=O) groups is 2. The van der Waals surface area contributed by atoms with Gasteiger partial charge in [0.15, 0.2) is 0 Å². The van der Waals surface area contributed by atoms with Crippen molar-refractivity contribution in [3.05, 3.63) is 23.9 Å². The second-order valence-corrected chi connectivity index (χ2v) is 8.99. The lowest BCUT2D eigenvalue weighted by Crippen LogP contribution is -2.40. The van der Waals surface area contributed by atoms with Gasteiger partial charge in [0.05, 0.1) is 18.3 Å². The van der Waals surface area contributed by atoms with Crippen LogP contribution in [0, 0.1) is 0 Å². The van der Waals surface area contributed by atoms with Gasteiger partial charge in [0.25, 0.3) is 5.91 Å². The number of nitrogens with zero attached hydrogens (tertiary/aromatic N) is 3. The second-order valence-electron chi connectivity index (χ2n) is 8.99. The molecule has 2 aromatic rings. The van der Waals surface area contributed by atoms with Crippen LogP contribution >= 0.6 is 0 Å².